The van der Waals surface area contributed by atoms with Gasteiger partial charge in [-0.25, -0.2) is 0 Å². The highest BCUT2D eigenvalue weighted by molar-refractivity contribution is 5.95. The van der Waals surface area contributed by atoms with E-state index in [2.05, 4.69) is 0 Å². The zero-order chi connectivity index (χ0) is 25.7. The first-order valence-electron chi connectivity index (χ1n) is 11.9. The molecule has 7 nitrogen and oxygen atoms in total. The molecule has 7 heteroatoms. The Morgan fingerprint density at radius 3 is 2.28 bits per heavy atom. The lowest BCUT2D eigenvalue weighted by molar-refractivity contribution is -0.134. The standard InChI is InChI=1S/C29H32N2O5/c1-30(17-20-9-6-5-7-10-20)29(33)26-19-31(28(32)21-11-8-12-22(15-21)34-2)18-25(26)24-16-23(35-3)13-14-27(24)36-4/h5-16,25-26H,17-19H2,1-4H3/t25-,26+/m0/s1. The van der Waals surface area contributed by atoms with Gasteiger partial charge in [0.05, 0.1) is 27.2 Å². The third kappa shape index (κ3) is 5.30. The van der Waals surface area contributed by atoms with E-state index in [0.29, 0.717) is 42.4 Å². The van der Waals surface area contributed by atoms with E-state index in [1.54, 1.807) is 55.4 Å². The summed E-state index contributed by atoms with van der Waals surface area (Å²) in [6, 6.07) is 22.5. The first-order valence-corrected chi connectivity index (χ1v) is 11.9. The van der Waals surface area contributed by atoms with Gasteiger partial charge in [0.15, 0.2) is 0 Å². The maximum absolute atomic E-state index is 13.8. The number of hydrogen-bond donors (Lipinski definition) is 0. The van der Waals surface area contributed by atoms with Crippen LogP contribution in [0.3, 0.4) is 0 Å². The zero-order valence-corrected chi connectivity index (χ0v) is 21.1. The summed E-state index contributed by atoms with van der Waals surface area (Å²) in [4.78, 5) is 30.8. The monoisotopic (exact) mass is 488 g/mol. The Balaban J connectivity index is 1.67. The predicted octanol–water partition coefficient (Wildman–Crippen LogP) is 4.23. The van der Waals surface area contributed by atoms with Crippen LogP contribution in [0.5, 0.6) is 17.2 Å². The van der Waals surface area contributed by atoms with E-state index in [4.69, 9.17) is 14.2 Å². The highest BCUT2D eigenvalue weighted by Crippen LogP contribution is 2.40. The molecule has 0 aliphatic carbocycles. The van der Waals surface area contributed by atoms with Crippen LogP contribution in [0, 0.1) is 5.92 Å². The summed E-state index contributed by atoms with van der Waals surface area (Å²) in [5, 5.41) is 0. The smallest absolute Gasteiger partial charge is 0.254 e. The van der Waals surface area contributed by atoms with Gasteiger partial charge in [-0.15, -0.1) is 0 Å². The van der Waals surface area contributed by atoms with Gasteiger partial charge in [-0.1, -0.05) is 36.4 Å². The van der Waals surface area contributed by atoms with Gasteiger partial charge in [0.2, 0.25) is 5.91 Å². The molecule has 3 aromatic carbocycles. The van der Waals surface area contributed by atoms with E-state index in [0.717, 1.165) is 11.1 Å². The third-order valence-corrected chi connectivity index (χ3v) is 6.72. The number of amides is 2. The third-order valence-electron chi connectivity index (χ3n) is 6.72. The number of carbonyl (C=O) groups excluding carboxylic acids is 2. The molecule has 0 radical (unpaired) electrons. The van der Waals surface area contributed by atoms with E-state index in [1.807, 2.05) is 55.6 Å². The van der Waals surface area contributed by atoms with Gasteiger partial charge >= 0.3 is 0 Å². The predicted molar refractivity (Wildman–Crippen MR) is 138 cm³/mol. The molecule has 36 heavy (non-hydrogen) atoms. The highest BCUT2D eigenvalue weighted by Gasteiger charge is 2.43. The molecule has 0 bridgehead atoms. The normalized spacial score (nSPS) is 16.9. The SMILES string of the molecule is COc1cccc(C(=O)N2C[C@@H](C(=O)N(C)Cc3ccccc3)[C@H](c3cc(OC)ccc3OC)C2)c1. The molecule has 2 amide bonds. The van der Waals surface area contributed by atoms with E-state index in [1.165, 1.54) is 0 Å². The molecule has 3 aromatic rings. The summed E-state index contributed by atoms with van der Waals surface area (Å²) >= 11 is 0. The lowest BCUT2D eigenvalue weighted by Gasteiger charge is -2.25. The van der Waals surface area contributed by atoms with E-state index in [9.17, 15) is 9.59 Å². The summed E-state index contributed by atoms with van der Waals surface area (Å²) < 4.78 is 16.4. The lowest BCUT2D eigenvalue weighted by Crippen LogP contribution is -2.36. The summed E-state index contributed by atoms with van der Waals surface area (Å²) in [5.74, 6) is 1.11. The molecule has 2 atom stereocenters. The van der Waals surface area contributed by atoms with Gasteiger partial charge in [-0.3, -0.25) is 9.59 Å². The second-order valence-electron chi connectivity index (χ2n) is 8.94. The van der Waals surface area contributed by atoms with Gasteiger partial charge in [0.25, 0.3) is 5.91 Å². The molecule has 0 saturated carbocycles. The Kier molecular flexibility index (Phi) is 7.78. The molecule has 0 unspecified atom stereocenters. The summed E-state index contributed by atoms with van der Waals surface area (Å²) in [6.07, 6.45) is 0. The minimum Gasteiger partial charge on any atom is -0.497 e. The molecule has 0 N–H and O–H groups in total. The van der Waals surface area contributed by atoms with Crippen LogP contribution in [-0.2, 0) is 11.3 Å². The van der Waals surface area contributed by atoms with E-state index < -0.39 is 5.92 Å². The Labute approximate surface area is 212 Å². The van der Waals surface area contributed by atoms with Crippen LogP contribution in [0.15, 0.2) is 72.8 Å². The number of methoxy groups -OCH3 is 3. The van der Waals surface area contributed by atoms with Crippen LogP contribution in [0.4, 0.5) is 0 Å². The topological polar surface area (TPSA) is 68.3 Å². The van der Waals surface area contributed by atoms with Gasteiger partial charge in [0, 0.05) is 43.7 Å². The molecular formula is C29H32N2O5. The average Bonchev–Trinajstić information content (AvgIpc) is 3.37. The molecule has 1 heterocycles. The van der Waals surface area contributed by atoms with Crippen molar-refractivity contribution in [2.24, 2.45) is 5.92 Å². The van der Waals surface area contributed by atoms with Crippen molar-refractivity contribution in [3.8, 4) is 17.2 Å². The molecule has 4 rings (SSSR count). The minimum absolute atomic E-state index is 0.0188. The zero-order valence-electron chi connectivity index (χ0n) is 21.1. The molecule has 1 aliphatic rings. The number of benzene rings is 3. The van der Waals surface area contributed by atoms with Gasteiger partial charge in [0.1, 0.15) is 17.2 Å². The first kappa shape index (κ1) is 25.1. The largest absolute Gasteiger partial charge is 0.497 e. The maximum Gasteiger partial charge on any atom is 0.254 e. The average molecular weight is 489 g/mol. The number of hydrogen-bond acceptors (Lipinski definition) is 5. The van der Waals surface area contributed by atoms with Crippen molar-refractivity contribution in [1.29, 1.82) is 0 Å². The van der Waals surface area contributed by atoms with E-state index >= 15 is 0 Å². The van der Waals surface area contributed by atoms with Crippen LogP contribution < -0.4 is 14.2 Å². The van der Waals surface area contributed by atoms with Crippen LogP contribution in [0.1, 0.15) is 27.4 Å². The van der Waals surface area contributed by atoms with Gasteiger partial charge < -0.3 is 24.0 Å². The fraction of sp³-hybridized carbons (Fsp3) is 0.310. The van der Waals surface area contributed by atoms with Crippen molar-refractivity contribution in [1.82, 2.24) is 9.80 Å². The fourth-order valence-electron chi connectivity index (χ4n) is 4.82. The Morgan fingerprint density at radius 1 is 0.861 bits per heavy atom. The quantitative estimate of drug-likeness (QED) is 0.475. The van der Waals surface area contributed by atoms with Crippen molar-refractivity contribution in [2.75, 3.05) is 41.5 Å². The molecule has 188 valence electrons. The van der Waals surface area contributed by atoms with E-state index in [-0.39, 0.29) is 17.7 Å². The number of rotatable bonds is 8. The van der Waals surface area contributed by atoms with Crippen molar-refractivity contribution in [3.05, 3.63) is 89.5 Å². The van der Waals surface area contributed by atoms with Crippen LogP contribution in [-0.4, -0.2) is 63.1 Å². The van der Waals surface area contributed by atoms with Crippen LogP contribution in [0.2, 0.25) is 0 Å². The Hall–Kier alpha value is -4.00. The fourth-order valence-corrected chi connectivity index (χ4v) is 4.82. The second-order valence-corrected chi connectivity index (χ2v) is 8.94. The van der Waals surface area contributed by atoms with Crippen molar-refractivity contribution >= 4 is 11.8 Å². The van der Waals surface area contributed by atoms with Gasteiger partial charge in [-0.2, -0.15) is 0 Å². The Morgan fingerprint density at radius 2 is 1.58 bits per heavy atom. The van der Waals surface area contributed by atoms with Crippen molar-refractivity contribution in [2.45, 2.75) is 12.5 Å². The molecule has 1 saturated heterocycles. The van der Waals surface area contributed by atoms with Crippen LogP contribution >= 0.6 is 0 Å². The Bertz CT molecular complexity index is 1210. The molecular weight excluding hydrogens is 456 g/mol. The number of likely N-dealkylation sites (tertiary alicyclic amines) is 1. The summed E-state index contributed by atoms with van der Waals surface area (Å²) in [6.45, 7) is 1.18. The van der Waals surface area contributed by atoms with Gasteiger partial charge in [-0.05, 0) is 42.0 Å². The highest BCUT2D eigenvalue weighted by atomic mass is 16.5. The molecule has 1 fully saturated rings. The molecule has 0 spiro atoms. The number of nitrogens with zero attached hydrogens (tertiary/aromatic N) is 2. The second kappa shape index (κ2) is 11.2. The first-order chi connectivity index (χ1) is 17.4. The maximum atomic E-state index is 13.8. The van der Waals surface area contributed by atoms with Crippen molar-refractivity contribution < 1.29 is 23.8 Å². The number of carbonyl (C=O) groups is 2. The van der Waals surface area contributed by atoms with Crippen molar-refractivity contribution in [3.63, 3.8) is 0 Å². The lowest BCUT2D eigenvalue weighted by atomic mass is 9.87. The van der Waals surface area contributed by atoms with Crippen LogP contribution in [0.25, 0.3) is 0 Å². The number of ether oxygens (including phenoxy) is 3. The summed E-state index contributed by atoms with van der Waals surface area (Å²) in [5.41, 5.74) is 2.42. The summed E-state index contributed by atoms with van der Waals surface area (Å²) in [7, 11) is 6.59. The molecule has 0 aromatic heterocycles. The molecule has 1 aliphatic heterocycles. The minimum atomic E-state index is -0.436.